The average Bonchev–Trinajstić information content (AvgIpc) is 2.37. The number of aryl methyl sites for hydroxylation is 2. The Labute approximate surface area is 121 Å². The summed E-state index contributed by atoms with van der Waals surface area (Å²) < 4.78 is 1.21. The van der Waals surface area contributed by atoms with Crippen molar-refractivity contribution in [2.75, 3.05) is 5.32 Å². The largest absolute Gasteiger partial charge is 0.322 e. The Morgan fingerprint density at radius 1 is 1.06 bits per heavy atom. The van der Waals surface area contributed by atoms with Crippen LogP contribution in [0.5, 0.6) is 0 Å². The summed E-state index contributed by atoms with van der Waals surface area (Å²) >= 11 is 2.30. The second-order valence-electron chi connectivity index (χ2n) is 4.24. The molecule has 0 saturated carbocycles. The number of carbonyl (C=O) groups excluding carboxylic acids is 1. The fourth-order valence-electron chi connectivity index (χ4n) is 1.70. The SMILES string of the molecule is Cc1cc(NC(=O)c2ccccc2)c(C)cc1I. The van der Waals surface area contributed by atoms with E-state index in [1.54, 1.807) is 0 Å². The molecule has 18 heavy (non-hydrogen) atoms. The maximum atomic E-state index is 12.0. The minimum absolute atomic E-state index is 0.0701. The molecule has 0 aliphatic carbocycles. The molecule has 2 aromatic rings. The molecule has 0 heterocycles. The van der Waals surface area contributed by atoms with Gasteiger partial charge in [-0.2, -0.15) is 0 Å². The number of halogens is 1. The van der Waals surface area contributed by atoms with Gasteiger partial charge in [0.05, 0.1) is 0 Å². The first-order valence-electron chi connectivity index (χ1n) is 5.71. The van der Waals surface area contributed by atoms with Crippen molar-refractivity contribution in [1.82, 2.24) is 0 Å². The van der Waals surface area contributed by atoms with Gasteiger partial charge >= 0.3 is 0 Å². The maximum Gasteiger partial charge on any atom is 0.255 e. The standard InChI is InChI=1S/C15H14INO/c1-10-9-14(11(2)8-13(10)16)17-15(18)12-6-4-3-5-7-12/h3-9H,1-2H3,(H,17,18). The van der Waals surface area contributed by atoms with Crippen LogP contribution >= 0.6 is 22.6 Å². The Morgan fingerprint density at radius 3 is 2.39 bits per heavy atom. The lowest BCUT2D eigenvalue weighted by molar-refractivity contribution is 0.102. The Morgan fingerprint density at radius 2 is 1.72 bits per heavy atom. The van der Waals surface area contributed by atoms with Gasteiger partial charge in [-0.05, 0) is 71.8 Å². The number of hydrogen-bond acceptors (Lipinski definition) is 1. The second-order valence-corrected chi connectivity index (χ2v) is 5.40. The highest BCUT2D eigenvalue weighted by Crippen LogP contribution is 2.22. The van der Waals surface area contributed by atoms with Crippen molar-refractivity contribution in [2.45, 2.75) is 13.8 Å². The summed E-state index contributed by atoms with van der Waals surface area (Å²) in [6.07, 6.45) is 0. The van der Waals surface area contributed by atoms with Crippen molar-refractivity contribution in [3.8, 4) is 0 Å². The molecule has 0 radical (unpaired) electrons. The Bertz CT molecular complexity index is 579. The van der Waals surface area contributed by atoms with Gasteiger partial charge in [0.1, 0.15) is 0 Å². The molecule has 0 unspecified atom stereocenters. The fourth-order valence-corrected chi connectivity index (χ4v) is 2.32. The summed E-state index contributed by atoms with van der Waals surface area (Å²) in [4.78, 5) is 12.0. The molecule has 0 bridgehead atoms. The highest BCUT2D eigenvalue weighted by atomic mass is 127. The predicted octanol–water partition coefficient (Wildman–Crippen LogP) is 4.16. The highest BCUT2D eigenvalue weighted by Gasteiger charge is 2.08. The lowest BCUT2D eigenvalue weighted by Gasteiger charge is -2.10. The molecular formula is C15H14INO. The normalized spacial score (nSPS) is 10.2. The van der Waals surface area contributed by atoms with Crippen LogP contribution in [0.3, 0.4) is 0 Å². The number of carbonyl (C=O) groups is 1. The zero-order valence-corrected chi connectivity index (χ0v) is 12.5. The van der Waals surface area contributed by atoms with E-state index in [1.807, 2.05) is 50.2 Å². The third kappa shape index (κ3) is 2.90. The lowest BCUT2D eigenvalue weighted by Crippen LogP contribution is -2.12. The number of nitrogens with one attached hydrogen (secondary N) is 1. The lowest BCUT2D eigenvalue weighted by atomic mass is 10.1. The Balaban J connectivity index is 2.25. The summed E-state index contributed by atoms with van der Waals surface area (Å²) in [6.45, 7) is 4.04. The molecule has 0 aromatic heterocycles. The van der Waals surface area contributed by atoms with Gasteiger partial charge in [0.25, 0.3) is 5.91 Å². The first-order valence-corrected chi connectivity index (χ1v) is 6.79. The molecule has 0 aliphatic heterocycles. The quantitative estimate of drug-likeness (QED) is 0.809. The van der Waals surface area contributed by atoms with E-state index in [2.05, 4.69) is 34.0 Å². The monoisotopic (exact) mass is 351 g/mol. The predicted molar refractivity (Wildman–Crippen MR) is 83.0 cm³/mol. The molecule has 0 fully saturated rings. The summed E-state index contributed by atoms with van der Waals surface area (Å²) in [6, 6.07) is 13.3. The third-order valence-electron chi connectivity index (χ3n) is 2.79. The van der Waals surface area contributed by atoms with Gasteiger partial charge in [0.15, 0.2) is 0 Å². The number of rotatable bonds is 2. The van der Waals surface area contributed by atoms with Crippen LogP contribution in [0.25, 0.3) is 0 Å². The molecule has 2 nitrogen and oxygen atoms in total. The molecule has 0 aliphatic rings. The summed E-state index contributed by atoms with van der Waals surface area (Å²) in [7, 11) is 0. The molecular weight excluding hydrogens is 337 g/mol. The van der Waals surface area contributed by atoms with Gasteiger partial charge in [-0.3, -0.25) is 4.79 Å². The van der Waals surface area contributed by atoms with Crippen LogP contribution in [0, 0.1) is 17.4 Å². The van der Waals surface area contributed by atoms with Crippen LogP contribution in [-0.2, 0) is 0 Å². The molecule has 2 rings (SSSR count). The van der Waals surface area contributed by atoms with E-state index in [9.17, 15) is 4.79 Å². The molecule has 0 spiro atoms. The van der Waals surface area contributed by atoms with Crippen LogP contribution in [0.2, 0.25) is 0 Å². The van der Waals surface area contributed by atoms with Crippen molar-refractivity contribution in [1.29, 1.82) is 0 Å². The van der Waals surface area contributed by atoms with E-state index in [0.29, 0.717) is 5.56 Å². The van der Waals surface area contributed by atoms with E-state index in [4.69, 9.17) is 0 Å². The number of amides is 1. The van der Waals surface area contributed by atoms with E-state index in [-0.39, 0.29) is 5.91 Å². The van der Waals surface area contributed by atoms with Gasteiger partial charge in [0.2, 0.25) is 0 Å². The van der Waals surface area contributed by atoms with Crippen molar-refractivity contribution in [2.24, 2.45) is 0 Å². The van der Waals surface area contributed by atoms with Crippen molar-refractivity contribution in [3.63, 3.8) is 0 Å². The van der Waals surface area contributed by atoms with Crippen molar-refractivity contribution in [3.05, 3.63) is 62.7 Å². The van der Waals surface area contributed by atoms with Gasteiger partial charge in [-0.1, -0.05) is 18.2 Å². The number of hydrogen-bond donors (Lipinski definition) is 1. The second kappa shape index (κ2) is 5.52. The molecule has 1 amide bonds. The first kappa shape index (κ1) is 13.1. The van der Waals surface area contributed by atoms with E-state index < -0.39 is 0 Å². The van der Waals surface area contributed by atoms with Gasteiger partial charge in [-0.25, -0.2) is 0 Å². The maximum absolute atomic E-state index is 12.0. The molecule has 2 aromatic carbocycles. The Hall–Kier alpha value is -1.36. The number of anilines is 1. The minimum Gasteiger partial charge on any atom is -0.322 e. The van der Waals surface area contributed by atoms with Crippen LogP contribution in [-0.4, -0.2) is 5.91 Å². The van der Waals surface area contributed by atoms with E-state index >= 15 is 0 Å². The first-order chi connectivity index (χ1) is 8.58. The van der Waals surface area contributed by atoms with Gasteiger partial charge in [0, 0.05) is 14.8 Å². The topological polar surface area (TPSA) is 29.1 Å². The summed E-state index contributed by atoms with van der Waals surface area (Å²) in [5.74, 6) is -0.0701. The van der Waals surface area contributed by atoms with Gasteiger partial charge < -0.3 is 5.32 Å². The summed E-state index contributed by atoms with van der Waals surface area (Å²) in [5, 5.41) is 2.95. The third-order valence-corrected chi connectivity index (χ3v) is 3.95. The van der Waals surface area contributed by atoms with Gasteiger partial charge in [-0.15, -0.1) is 0 Å². The zero-order valence-electron chi connectivity index (χ0n) is 10.3. The van der Waals surface area contributed by atoms with Crippen molar-refractivity contribution < 1.29 is 4.79 Å². The highest BCUT2D eigenvalue weighted by molar-refractivity contribution is 14.1. The van der Waals surface area contributed by atoms with Crippen LogP contribution in [0.1, 0.15) is 21.5 Å². The summed E-state index contributed by atoms with van der Waals surface area (Å²) in [5.41, 5.74) is 3.80. The molecule has 0 saturated heterocycles. The molecule has 0 atom stereocenters. The molecule has 3 heteroatoms. The zero-order chi connectivity index (χ0) is 13.1. The van der Waals surface area contributed by atoms with Crippen LogP contribution in [0.4, 0.5) is 5.69 Å². The Kier molecular flexibility index (Phi) is 4.01. The van der Waals surface area contributed by atoms with Crippen LogP contribution in [0.15, 0.2) is 42.5 Å². The average molecular weight is 351 g/mol. The molecule has 92 valence electrons. The van der Waals surface area contributed by atoms with Crippen molar-refractivity contribution >= 4 is 34.2 Å². The van der Waals surface area contributed by atoms with E-state index in [1.165, 1.54) is 9.13 Å². The number of benzene rings is 2. The minimum atomic E-state index is -0.0701. The fraction of sp³-hybridized carbons (Fsp3) is 0.133. The smallest absolute Gasteiger partial charge is 0.255 e. The van der Waals surface area contributed by atoms with Crippen LogP contribution < -0.4 is 5.32 Å². The molecule has 1 N–H and O–H groups in total. The van der Waals surface area contributed by atoms with E-state index in [0.717, 1.165) is 11.3 Å².